The molecule has 1 aromatic rings. The van der Waals surface area contributed by atoms with Gasteiger partial charge in [0.25, 0.3) is 0 Å². The van der Waals surface area contributed by atoms with E-state index in [-0.39, 0.29) is 18.0 Å². The van der Waals surface area contributed by atoms with Gasteiger partial charge in [-0.3, -0.25) is 0 Å². The topological polar surface area (TPSA) is 119 Å². The zero-order valence-electron chi connectivity index (χ0n) is 8.74. The van der Waals surface area contributed by atoms with E-state index in [0.717, 1.165) is 0 Å². The molecule has 0 unspecified atom stereocenters. The van der Waals surface area contributed by atoms with Gasteiger partial charge in [-0.05, 0) is 29.8 Å². The van der Waals surface area contributed by atoms with E-state index in [9.17, 15) is 8.42 Å². The third-order valence-corrected chi connectivity index (χ3v) is 3.34. The molecule has 0 amide bonds. The van der Waals surface area contributed by atoms with Gasteiger partial charge in [-0.25, -0.2) is 13.1 Å². The molecular formula is C9H9N5O2S. The molecule has 8 heteroatoms. The number of sulfonamides is 1. The van der Waals surface area contributed by atoms with E-state index in [4.69, 9.17) is 10.8 Å². The van der Waals surface area contributed by atoms with Crippen molar-refractivity contribution in [2.45, 2.75) is 4.90 Å². The average molecular weight is 251 g/mol. The van der Waals surface area contributed by atoms with Crippen molar-refractivity contribution < 1.29 is 8.42 Å². The summed E-state index contributed by atoms with van der Waals surface area (Å²) in [6.07, 6.45) is 0. The summed E-state index contributed by atoms with van der Waals surface area (Å²) in [7, 11) is -3.61. The van der Waals surface area contributed by atoms with Crippen molar-refractivity contribution >= 4 is 10.0 Å². The highest BCUT2D eigenvalue weighted by Gasteiger charge is 2.12. The van der Waals surface area contributed by atoms with Gasteiger partial charge in [0.05, 0.1) is 16.5 Å². The molecule has 0 aliphatic rings. The molecule has 0 saturated carbocycles. The lowest BCUT2D eigenvalue weighted by Gasteiger charge is -2.04. The standard InChI is InChI=1S/C9H9N5O2S/c10-7-8-1-3-9(4-2-8)17(15,16)13-6-5-12-14-11/h1-4,13H,5-6H2. The summed E-state index contributed by atoms with van der Waals surface area (Å²) >= 11 is 0. The number of nitrogens with zero attached hydrogens (tertiary/aromatic N) is 4. The minimum Gasteiger partial charge on any atom is -0.211 e. The summed E-state index contributed by atoms with van der Waals surface area (Å²) in [5, 5.41) is 11.8. The largest absolute Gasteiger partial charge is 0.240 e. The lowest BCUT2D eigenvalue weighted by molar-refractivity contribution is 0.582. The molecule has 0 fully saturated rings. The van der Waals surface area contributed by atoms with Crippen LogP contribution < -0.4 is 4.72 Å². The van der Waals surface area contributed by atoms with Crippen molar-refractivity contribution in [1.29, 1.82) is 5.26 Å². The Labute approximate surface area is 98.4 Å². The summed E-state index contributed by atoms with van der Waals surface area (Å²) in [6.45, 7) is 0.0817. The van der Waals surface area contributed by atoms with Crippen LogP contribution in [0.25, 0.3) is 10.4 Å². The van der Waals surface area contributed by atoms with E-state index in [1.165, 1.54) is 24.3 Å². The Kier molecular flexibility index (Phi) is 4.48. The Morgan fingerprint density at radius 3 is 2.59 bits per heavy atom. The van der Waals surface area contributed by atoms with Crippen LogP contribution in [0.1, 0.15) is 5.56 Å². The Bertz CT molecular complexity index is 566. The zero-order chi connectivity index (χ0) is 12.7. The first-order valence-corrected chi connectivity index (χ1v) is 6.09. The fourth-order valence-electron chi connectivity index (χ4n) is 1.07. The average Bonchev–Trinajstić information content (AvgIpc) is 2.35. The molecule has 0 radical (unpaired) electrons. The molecule has 0 aliphatic carbocycles. The molecule has 0 aliphatic heterocycles. The first-order chi connectivity index (χ1) is 8.10. The molecule has 1 aromatic carbocycles. The Morgan fingerprint density at radius 2 is 2.06 bits per heavy atom. The maximum Gasteiger partial charge on any atom is 0.240 e. The Hall–Kier alpha value is -2.07. The normalized spacial score (nSPS) is 10.3. The second-order valence-corrected chi connectivity index (χ2v) is 4.76. The van der Waals surface area contributed by atoms with Gasteiger partial charge in [-0.15, -0.1) is 0 Å². The maximum atomic E-state index is 11.7. The predicted octanol–water partition coefficient (Wildman–Crippen LogP) is 1.15. The van der Waals surface area contributed by atoms with Gasteiger partial charge in [0.15, 0.2) is 0 Å². The zero-order valence-corrected chi connectivity index (χ0v) is 9.55. The van der Waals surface area contributed by atoms with Crippen molar-refractivity contribution in [3.05, 3.63) is 40.3 Å². The third-order valence-electron chi connectivity index (χ3n) is 1.86. The fraction of sp³-hybridized carbons (Fsp3) is 0.222. The number of hydrogen-bond acceptors (Lipinski definition) is 4. The third kappa shape index (κ3) is 3.77. The molecule has 0 spiro atoms. The Balaban J connectivity index is 2.76. The van der Waals surface area contributed by atoms with Crippen molar-refractivity contribution in [2.75, 3.05) is 13.1 Å². The monoisotopic (exact) mass is 251 g/mol. The van der Waals surface area contributed by atoms with Crippen LogP contribution in [-0.2, 0) is 10.0 Å². The molecule has 17 heavy (non-hydrogen) atoms. The van der Waals surface area contributed by atoms with E-state index in [2.05, 4.69) is 14.7 Å². The second-order valence-electron chi connectivity index (χ2n) is 2.99. The van der Waals surface area contributed by atoms with Gasteiger partial charge in [0.2, 0.25) is 10.0 Å². The first kappa shape index (κ1) is 13.0. The number of benzene rings is 1. The van der Waals surface area contributed by atoms with Crippen molar-refractivity contribution in [3.63, 3.8) is 0 Å². The molecule has 1 N–H and O–H groups in total. The van der Waals surface area contributed by atoms with Crippen LogP contribution in [0.4, 0.5) is 0 Å². The maximum absolute atomic E-state index is 11.7. The summed E-state index contributed by atoms with van der Waals surface area (Å²) < 4.78 is 25.6. The van der Waals surface area contributed by atoms with Crippen molar-refractivity contribution in [2.24, 2.45) is 5.11 Å². The number of azide groups is 1. The summed E-state index contributed by atoms with van der Waals surface area (Å²) in [4.78, 5) is 2.57. The van der Waals surface area contributed by atoms with Crippen LogP contribution in [0.2, 0.25) is 0 Å². The van der Waals surface area contributed by atoms with Gasteiger partial charge in [-0.2, -0.15) is 5.26 Å². The van der Waals surface area contributed by atoms with Crippen molar-refractivity contribution in [1.82, 2.24) is 4.72 Å². The molecular weight excluding hydrogens is 242 g/mol. The van der Waals surface area contributed by atoms with Crippen LogP contribution in [-0.4, -0.2) is 21.5 Å². The van der Waals surface area contributed by atoms with Gasteiger partial charge in [-0.1, -0.05) is 5.11 Å². The fourth-order valence-corrected chi connectivity index (χ4v) is 2.09. The van der Waals surface area contributed by atoms with Gasteiger partial charge in [0.1, 0.15) is 0 Å². The Morgan fingerprint density at radius 1 is 1.41 bits per heavy atom. The molecule has 7 nitrogen and oxygen atoms in total. The van der Waals surface area contributed by atoms with E-state index < -0.39 is 10.0 Å². The molecule has 0 bridgehead atoms. The number of hydrogen-bond donors (Lipinski definition) is 1. The van der Waals surface area contributed by atoms with Crippen molar-refractivity contribution in [3.8, 4) is 6.07 Å². The molecule has 0 heterocycles. The number of nitrogens with one attached hydrogen (secondary N) is 1. The predicted molar refractivity (Wildman–Crippen MR) is 60.4 cm³/mol. The minimum atomic E-state index is -3.61. The quantitative estimate of drug-likeness (QED) is 0.365. The SMILES string of the molecule is N#Cc1ccc(S(=O)(=O)NCCN=[N+]=[N-])cc1. The minimum absolute atomic E-state index is 0.0341. The number of rotatable bonds is 5. The summed E-state index contributed by atoms with van der Waals surface area (Å²) in [6, 6.07) is 7.42. The first-order valence-electron chi connectivity index (χ1n) is 4.61. The van der Waals surface area contributed by atoms with E-state index in [0.29, 0.717) is 5.56 Å². The van der Waals surface area contributed by atoms with Gasteiger partial charge >= 0.3 is 0 Å². The lowest BCUT2D eigenvalue weighted by Crippen LogP contribution is -2.26. The molecule has 0 saturated heterocycles. The molecule has 1 rings (SSSR count). The second kappa shape index (κ2) is 5.86. The molecule has 88 valence electrons. The van der Waals surface area contributed by atoms with Gasteiger partial charge < -0.3 is 0 Å². The van der Waals surface area contributed by atoms with Gasteiger partial charge in [0, 0.05) is 18.0 Å². The lowest BCUT2D eigenvalue weighted by atomic mass is 10.2. The van der Waals surface area contributed by atoms with Crippen LogP contribution >= 0.6 is 0 Å². The highest BCUT2D eigenvalue weighted by Crippen LogP contribution is 2.09. The molecule has 0 atom stereocenters. The van der Waals surface area contributed by atoms with Crippen LogP contribution in [0.15, 0.2) is 34.3 Å². The van der Waals surface area contributed by atoms with E-state index in [1.807, 2.05) is 6.07 Å². The highest BCUT2D eigenvalue weighted by molar-refractivity contribution is 7.89. The smallest absolute Gasteiger partial charge is 0.211 e. The summed E-state index contributed by atoms with van der Waals surface area (Å²) in [5.41, 5.74) is 8.41. The van der Waals surface area contributed by atoms with E-state index in [1.54, 1.807) is 0 Å². The van der Waals surface area contributed by atoms with Crippen LogP contribution in [0, 0.1) is 11.3 Å². The number of nitriles is 1. The van der Waals surface area contributed by atoms with Crippen LogP contribution in [0.5, 0.6) is 0 Å². The highest BCUT2D eigenvalue weighted by atomic mass is 32.2. The van der Waals surface area contributed by atoms with Crippen LogP contribution in [0.3, 0.4) is 0 Å². The molecule has 0 aromatic heterocycles. The van der Waals surface area contributed by atoms with E-state index >= 15 is 0 Å². The summed E-state index contributed by atoms with van der Waals surface area (Å²) in [5.74, 6) is 0.